The summed E-state index contributed by atoms with van der Waals surface area (Å²) >= 11 is 1.47. The van der Waals surface area contributed by atoms with Crippen molar-refractivity contribution >= 4 is 22.4 Å². The number of carbonyl (C=O) groups excluding carboxylic acids is 1. The summed E-state index contributed by atoms with van der Waals surface area (Å²) in [4.78, 5) is 16.1. The second-order valence-electron chi connectivity index (χ2n) is 4.79. The normalized spacial score (nSPS) is 12.6. The van der Waals surface area contributed by atoms with E-state index in [0.29, 0.717) is 5.92 Å². The molecule has 1 aromatic rings. The Labute approximate surface area is 112 Å². The van der Waals surface area contributed by atoms with E-state index in [1.807, 2.05) is 6.92 Å². The number of aryl methyl sites for hydroxylation is 1. The number of amides is 2. The Morgan fingerprint density at radius 2 is 2.11 bits per heavy atom. The molecular weight excluding hydrogens is 250 g/mol. The SMILES string of the molecule is Cc1nc(CC(C)C)c(NC(=O)N[C@@H](C)CO)s1. The average Bonchev–Trinajstić information content (AvgIpc) is 2.57. The van der Waals surface area contributed by atoms with E-state index < -0.39 is 0 Å². The lowest BCUT2D eigenvalue weighted by Gasteiger charge is -2.12. The van der Waals surface area contributed by atoms with E-state index in [0.717, 1.165) is 22.1 Å². The number of nitrogens with one attached hydrogen (secondary N) is 2. The molecule has 6 heteroatoms. The van der Waals surface area contributed by atoms with Crippen molar-refractivity contribution in [3.8, 4) is 0 Å². The molecule has 0 saturated heterocycles. The highest BCUT2D eigenvalue weighted by Crippen LogP contribution is 2.26. The lowest BCUT2D eigenvalue weighted by molar-refractivity contribution is 0.229. The summed E-state index contributed by atoms with van der Waals surface area (Å²) in [5.74, 6) is 0.492. The summed E-state index contributed by atoms with van der Waals surface area (Å²) in [5.41, 5.74) is 0.930. The maximum Gasteiger partial charge on any atom is 0.320 e. The molecule has 0 aliphatic heterocycles. The summed E-state index contributed by atoms with van der Waals surface area (Å²) in [5, 5.41) is 16.1. The molecule has 3 N–H and O–H groups in total. The first-order chi connectivity index (χ1) is 8.42. The van der Waals surface area contributed by atoms with Gasteiger partial charge in [-0.25, -0.2) is 9.78 Å². The molecule has 1 heterocycles. The van der Waals surface area contributed by atoms with Crippen LogP contribution in [0.3, 0.4) is 0 Å². The van der Waals surface area contributed by atoms with Crippen molar-refractivity contribution in [2.75, 3.05) is 11.9 Å². The largest absolute Gasteiger partial charge is 0.394 e. The quantitative estimate of drug-likeness (QED) is 0.768. The molecule has 0 saturated carbocycles. The van der Waals surface area contributed by atoms with Gasteiger partial charge in [0.15, 0.2) is 0 Å². The molecule has 0 aliphatic carbocycles. The van der Waals surface area contributed by atoms with Crippen LogP contribution in [-0.4, -0.2) is 28.8 Å². The van der Waals surface area contributed by atoms with E-state index in [1.165, 1.54) is 11.3 Å². The monoisotopic (exact) mass is 271 g/mol. The molecule has 2 amide bonds. The number of thiazole rings is 1. The minimum atomic E-state index is -0.301. The smallest absolute Gasteiger partial charge is 0.320 e. The van der Waals surface area contributed by atoms with E-state index in [4.69, 9.17) is 5.11 Å². The summed E-state index contributed by atoms with van der Waals surface area (Å²) in [6.45, 7) is 7.83. The standard InChI is InChI=1S/C12H21N3O2S/c1-7(2)5-10-11(18-9(4)14-10)15-12(17)13-8(3)6-16/h7-8,16H,5-6H2,1-4H3,(H2,13,15,17)/t8-/m0/s1. The topological polar surface area (TPSA) is 74.2 Å². The van der Waals surface area contributed by atoms with Gasteiger partial charge in [-0.3, -0.25) is 5.32 Å². The Morgan fingerprint density at radius 1 is 1.44 bits per heavy atom. The highest BCUT2D eigenvalue weighted by Gasteiger charge is 2.14. The van der Waals surface area contributed by atoms with Crippen LogP contribution in [0.2, 0.25) is 0 Å². The Balaban J connectivity index is 2.68. The van der Waals surface area contributed by atoms with Crippen molar-refractivity contribution in [1.29, 1.82) is 0 Å². The Bertz CT molecular complexity index is 404. The van der Waals surface area contributed by atoms with Crippen molar-refractivity contribution in [3.05, 3.63) is 10.7 Å². The minimum Gasteiger partial charge on any atom is -0.394 e. The van der Waals surface area contributed by atoms with Crippen LogP contribution in [0, 0.1) is 12.8 Å². The third-order valence-corrected chi connectivity index (χ3v) is 3.21. The number of aromatic nitrogens is 1. The van der Waals surface area contributed by atoms with E-state index in [-0.39, 0.29) is 18.7 Å². The van der Waals surface area contributed by atoms with Crippen LogP contribution in [0.25, 0.3) is 0 Å². The van der Waals surface area contributed by atoms with Crippen molar-refractivity contribution in [1.82, 2.24) is 10.3 Å². The van der Waals surface area contributed by atoms with Crippen molar-refractivity contribution in [3.63, 3.8) is 0 Å². The third kappa shape index (κ3) is 4.62. The van der Waals surface area contributed by atoms with E-state index in [1.54, 1.807) is 6.92 Å². The maximum absolute atomic E-state index is 11.7. The summed E-state index contributed by atoms with van der Waals surface area (Å²) in [6, 6.07) is -0.558. The molecule has 1 atom stereocenters. The zero-order valence-electron chi connectivity index (χ0n) is 11.3. The third-order valence-electron chi connectivity index (χ3n) is 2.28. The second-order valence-corrected chi connectivity index (χ2v) is 5.99. The number of urea groups is 1. The number of aliphatic hydroxyl groups excluding tert-OH is 1. The number of hydrogen-bond donors (Lipinski definition) is 3. The van der Waals surface area contributed by atoms with Crippen LogP contribution < -0.4 is 10.6 Å². The maximum atomic E-state index is 11.7. The molecule has 1 aromatic heterocycles. The number of carbonyl (C=O) groups is 1. The highest BCUT2D eigenvalue weighted by atomic mass is 32.1. The van der Waals surface area contributed by atoms with Crippen molar-refractivity contribution < 1.29 is 9.90 Å². The molecule has 102 valence electrons. The van der Waals surface area contributed by atoms with E-state index >= 15 is 0 Å². The molecule has 0 unspecified atom stereocenters. The first-order valence-corrected chi connectivity index (χ1v) is 6.88. The molecule has 0 radical (unpaired) electrons. The Kier molecular flexibility index (Phi) is 5.55. The molecule has 0 spiro atoms. The van der Waals surface area contributed by atoms with Crippen LogP contribution in [0.4, 0.5) is 9.80 Å². The van der Waals surface area contributed by atoms with Gasteiger partial charge < -0.3 is 10.4 Å². The lowest BCUT2D eigenvalue weighted by Crippen LogP contribution is -2.38. The molecule has 0 aliphatic rings. The predicted molar refractivity (Wildman–Crippen MR) is 74.1 cm³/mol. The van der Waals surface area contributed by atoms with E-state index in [2.05, 4.69) is 29.5 Å². The van der Waals surface area contributed by atoms with Crippen LogP contribution >= 0.6 is 11.3 Å². The summed E-state index contributed by atoms with van der Waals surface area (Å²) < 4.78 is 0. The molecule has 5 nitrogen and oxygen atoms in total. The van der Waals surface area contributed by atoms with E-state index in [9.17, 15) is 4.79 Å². The first kappa shape index (κ1) is 14.9. The number of rotatable bonds is 5. The van der Waals surface area contributed by atoms with Crippen LogP contribution in [0.15, 0.2) is 0 Å². The van der Waals surface area contributed by atoms with Gasteiger partial charge in [0.05, 0.1) is 23.4 Å². The van der Waals surface area contributed by atoms with Gasteiger partial charge in [-0.05, 0) is 26.2 Å². The van der Waals surface area contributed by atoms with Gasteiger partial charge in [-0.1, -0.05) is 13.8 Å². The van der Waals surface area contributed by atoms with Crippen LogP contribution in [0.5, 0.6) is 0 Å². The Morgan fingerprint density at radius 3 is 2.67 bits per heavy atom. The number of hydrogen-bond acceptors (Lipinski definition) is 4. The van der Waals surface area contributed by atoms with Gasteiger partial charge in [0.25, 0.3) is 0 Å². The first-order valence-electron chi connectivity index (χ1n) is 6.07. The lowest BCUT2D eigenvalue weighted by atomic mass is 10.1. The van der Waals surface area contributed by atoms with Crippen molar-refractivity contribution in [2.45, 2.75) is 40.2 Å². The second kappa shape index (κ2) is 6.70. The summed E-state index contributed by atoms with van der Waals surface area (Å²) in [6.07, 6.45) is 0.843. The molecule has 0 bridgehead atoms. The van der Waals surface area contributed by atoms with Gasteiger partial charge in [0.1, 0.15) is 5.00 Å². The summed E-state index contributed by atoms with van der Waals surface area (Å²) in [7, 11) is 0. The van der Waals surface area contributed by atoms with Gasteiger partial charge in [0.2, 0.25) is 0 Å². The van der Waals surface area contributed by atoms with Crippen LogP contribution in [-0.2, 0) is 6.42 Å². The molecule has 1 rings (SSSR count). The predicted octanol–water partition coefficient (Wildman–Crippen LogP) is 2.15. The molecular formula is C12H21N3O2S. The average molecular weight is 271 g/mol. The van der Waals surface area contributed by atoms with Gasteiger partial charge in [-0.2, -0.15) is 0 Å². The fraction of sp³-hybridized carbons (Fsp3) is 0.667. The number of aliphatic hydroxyl groups is 1. The van der Waals surface area contributed by atoms with Gasteiger partial charge >= 0.3 is 6.03 Å². The molecule has 18 heavy (non-hydrogen) atoms. The molecule has 0 aromatic carbocycles. The highest BCUT2D eigenvalue weighted by molar-refractivity contribution is 7.16. The van der Waals surface area contributed by atoms with Crippen LogP contribution in [0.1, 0.15) is 31.5 Å². The molecule has 0 fully saturated rings. The minimum absolute atomic E-state index is 0.0754. The number of anilines is 1. The Hall–Kier alpha value is -1.14. The number of nitrogens with zero attached hydrogens (tertiary/aromatic N) is 1. The van der Waals surface area contributed by atoms with Crippen molar-refractivity contribution in [2.24, 2.45) is 5.92 Å². The van der Waals surface area contributed by atoms with Gasteiger partial charge in [0, 0.05) is 0 Å². The van der Waals surface area contributed by atoms with Gasteiger partial charge in [-0.15, -0.1) is 11.3 Å². The fourth-order valence-electron chi connectivity index (χ4n) is 1.50. The zero-order chi connectivity index (χ0) is 13.7. The zero-order valence-corrected chi connectivity index (χ0v) is 12.1. The fourth-order valence-corrected chi connectivity index (χ4v) is 2.34.